The molecule has 2 heterocycles. The zero-order valence-electron chi connectivity index (χ0n) is 11.8. The van der Waals surface area contributed by atoms with E-state index in [-0.39, 0.29) is 5.69 Å². The lowest BCUT2D eigenvalue weighted by Gasteiger charge is -2.11. The number of methoxy groups -OCH3 is 1. The first-order chi connectivity index (χ1) is 10.2. The van der Waals surface area contributed by atoms with Gasteiger partial charge in [-0.15, -0.1) is 13.2 Å². The Morgan fingerprint density at radius 3 is 2.19 bits per heavy atom. The van der Waals surface area contributed by atoms with Crippen molar-refractivity contribution in [1.29, 1.82) is 0 Å². The molecule has 0 saturated heterocycles. The van der Waals surface area contributed by atoms with Gasteiger partial charge in [0, 0.05) is 6.07 Å². The van der Waals surface area contributed by atoms with Crippen molar-refractivity contribution < 1.29 is 14.4 Å². The molecule has 2 aliphatic rings. The Kier molecular flexibility index (Phi) is 6.47. The Morgan fingerprint density at radius 1 is 1.19 bits per heavy atom. The molecule has 110 valence electrons. The van der Waals surface area contributed by atoms with E-state index in [1.165, 1.54) is 24.8 Å². The molecular weight excluding hydrogens is 270 g/mol. The molecule has 0 unspecified atom stereocenters. The van der Waals surface area contributed by atoms with E-state index in [0.29, 0.717) is 5.75 Å². The lowest BCUT2D eigenvalue weighted by molar-refractivity contribution is -0.384. The van der Waals surface area contributed by atoms with Crippen LogP contribution in [0.2, 0.25) is 0 Å². The van der Waals surface area contributed by atoms with Crippen LogP contribution in [-0.2, 0) is 6.61 Å². The van der Waals surface area contributed by atoms with Gasteiger partial charge in [0.1, 0.15) is 18.1 Å². The van der Waals surface area contributed by atoms with Crippen molar-refractivity contribution in [3.63, 3.8) is 0 Å². The van der Waals surface area contributed by atoms with E-state index in [1.54, 1.807) is 12.1 Å². The summed E-state index contributed by atoms with van der Waals surface area (Å²) in [5.74, 6) is 1.49. The first-order valence-electron chi connectivity index (χ1n) is 6.19. The molecule has 2 aromatic carbocycles. The van der Waals surface area contributed by atoms with Crippen molar-refractivity contribution in [1.82, 2.24) is 0 Å². The topological polar surface area (TPSA) is 61.6 Å². The molecule has 0 aliphatic carbocycles. The van der Waals surface area contributed by atoms with Crippen LogP contribution in [0.1, 0.15) is 5.56 Å². The highest BCUT2D eigenvalue weighted by atomic mass is 16.6. The van der Waals surface area contributed by atoms with E-state index >= 15 is 0 Å². The molecule has 2 bridgehead atoms. The van der Waals surface area contributed by atoms with Crippen LogP contribution < -0.4 is 9.47 Å². The molecule has 0 radical (unpaired) electrons. The molecule has 0 amide bonds. The molecule has 0 atom stereocenters. The number of nitro benzene ring substituents is 1. The maximum absolute atomic E-state index is 10.2. The Balaban J connectivity index is 0.000000194. The van der Waals surface area contributed by atoms with Crippen LogP contribution in [0.3, 0.4) is 0 Å². The molecule has 0 aromatic heterocycles. The van der Waals surface area contributed by atoms with Gasteiger partial charge < -0.3 is 9.47 Å². The number of non-ortho nitro benzene ring substituents is 1. The minimum atomic E-state index is -0.456. The van der Waals surface area contributed by atoms with Crippen LogP contribution in [0, 0.1) is 10.1 Å². The van der Waals surface area contributed by atoms with Gasteiger partial charge in [-0.05, 0) is 23.8 Å². The van der Waals surface area contributed by atoms with Crippen LogP contribution in [0.4, 0.5) is 5.69 Å². The first kappa shape index (κ1) is 16.2. The summed E-state index contributed by atoms with van der Waals surface area (Å²) in [5, 5.41) is 10.2. The number of ether oxygens (including phenoxy) is 2. The second-order valence-electron chi connectivity index (χ2n) is 3.89. The van der Waals surface area contributed by atoms with Crippen molar-refractivity contribution in [2.45, 2.75) is 6.61 Å². The monoisotopic (exact) mass is 287 g/mol. The van der Waals surface area contributed by atoms with Crippen molar-refractivity contribution in [2.24, 2.45) is 0 Å². The fraction of sp³-hybridized carbons (Fsp3) is 0.125. The molecule has 5 heteroatoms. The number of hydrogen-bond acceptors (Lipinski definition) is 4. The van der Waals surface area contributed by atoms with Gasteiger partial charge in [-0.3, -0.25) is 10.1 Å². The summed E-state index contributed by atoms with van der Waals surface area (Å²) in [6.07, 6.45) is 0. The number of rotatable bonds is 2. The standard InChI is InChI=1S/C7H7NO3.C7H6O.C2H4/c1-11-7-4-2-3-6(5-7)8(9)10;1-3-7-4-2-6(1)5-8-7;1-2/h2-5H,1H3;1-4H,5H2;1-2H2. The summed E-state index contributed by atoms with van der Waals surface area (Å²) in [6, 6.07) is 14.2. The van der Waals surface area contributed by atoms with Gasteiger partial charge in [-0.25, -0.2) is 0 Å². The van der Waals surface area contributed by atoms with Crippen LogP contribution >= 0.6 is 0 Å². The fourth-order valence-electron chi connectivity index (χ4n) is 1.57. The Labute approximate surface area is 123 Å². The van der Waals surface area contributed by atoms with Crippen LogP contribution in [0.25, 0.3) is 0 Å². The highest BCUT2D eigenvalue weighted by molar-refractivity contribution is 5.37. The van der Waals surface area contributed by atoms with Crippen LogP contribution in [-0.4, -0.2) is 12.0 Å². The molecule has 0 spiro atoms. The number of nitrogens with zero attached hydrogens (tertiary/aromatic N) is 1. The smallest absolute Gasteiger partial charge is 0.273 e. The van der Waals surface area contributed by atoms with Crippen molar-refractivity contribution in [3.05, 3.63) is 77.4 Å². The van der Waals surface area contributed by atoms with E-state index < -0.39 is 4.92 Å². The van der Waals surface area contributed by atoms with Gasteiger partial charge in [0.2, 0.25) is 0 Å². The summed E-state index contributed by atoms with van der Waals surface area (Å²) in [6.45, 7) is 6.77. The molecular formula is C16H17NO4. The SMILES string of the molecule is C=C.COc1cccc([N+](=O)[O-])c1.c1cc2ccc1CO2. The third kappa shape index (κ3) is 4.99. The van der Waals surface area contributed by atoms with E-state index in [1.807, 2.05) is 12.1 Å². The average Bonchev–Trinajstić information content (AvgIpc) is 2.59. The minimum Gasteiger partial charge on any atom is -0.497 e. The largest absolute Gasteiger partial charge is 0.497 e. The fourth-order valence-corrected chi connectivity index (χ4v) is 1.57. The van der Waals surface area contributed by atoms with Gasteiger partial charge in [-0.1, -0.05) is 18.2 Å². The van der Waals surface area contributed by atoms with Gasteiger partial charge in [0.05, 0.1) is 18.1 Å². The van der Waals surface area contributed by atoms with Crippen LogP contribution in [0.5, 0.6) is 11.5 Å². The predicted molar refractivity (Wildman–Crippen MR) is 81.7 cm³/mol. The van der Waals surface area contributed by atoms with Gasteiger partial charge in [-0.2, -0.15) is 0 Å². The van der Waals surface area contributed by atoms with E-state index in [0.717, 1.165) is 12.4 Å². The van der Waals surface area contributed by atoms with Gasteiger partial charge in [0.15, 0.2) is 0 Å². The highest BCUT2D eigenvalue weighted by Gasteiger charge is 2.04. The van der Waals surface area contributed by atoms with Crippen LogP contribution in [0.15, 0.2) is 61.7 Å². The first-order valence-corrected chi connectivity index (χ1v) is 6.19. The van der Waals surface area contributed by atoms with Crippen molar-refractivity contribution in [3.8, 4) is 11.5 Å². The predicted octanol–water partition coefficient (Wildman–Crippen LogP) is 3.98. The van der Waals surface area contributed by atoms with Crippen molar-refractivity contribution in [2.75, 3.05) is 7.11 Å². The second kappa shape index (κ2) is 8.37. The Bertz CT molecular complexity index is 558. The van der Waals surface area contributed by atoms with E-state index in [4.69, 9.17) is 9.47 Å². The normalized spacial score (nSPS) is 10.1. The molecule has 2 aliphatic heterocycles. The summed E-state index contributed by atoms with van der Waals surface area (Å²) in [7, 11) is 1.47. The van der Waals surface area contributed by atoms with E-state index in [9.17, 15) is 10.1 Å². The molecule has 0 N–H and O–H groups in total. The maximum atomic E-state index is 10.2. The number of nitro groups is 1. The molecule has 21 heavy (non-hydrogen) atoms. The quantitative estimate of drug-likeness (QED) is 0.476. The molecule has 2 aromatic rings. The Hall–Kier alpha value is -2.82. The zero-order chi connectivity index (χ0) is 15.7. The summed E-state index contributed by atoms with van der Waals surface area (Å²) < 4.78 is 9.98. The lowest BCUT2D eigenvalue weighted by atomic mass is 10.2. The maximum Gasteiger partial charge on any atom is 0.273 e. The van der Waals surface area contributed by atoms with E-state index in [2.05, 4.69) is 25.3 Å². The highest BCUT2D eigenvalue weighted by Crippen LogP contribution is 2.19. The number of hydrogen-bond donors (Lipinski definition) is 0. The van der Waals surface area contributed by atoms with Gasteiger partial charge >= 0.3 is 0 Å². The Morgan fingerprint density at radius 2 is 1.86 bits per heavy atom. The average molecular weight is 287 g/mol. The second-order valence-corrected chi connectivity index (χ2v) is 3.89. The number of benzene rings is 2. The summed E-state index contributed by atoms with van der Waals surface area (Å²) in [4.78, 5) is 9.76. The summed E-state index contributed by atoms with van der Waals surface area (Å²) in [5.41, 5.74) is 1.31. The molecule has 0 saturated carbocycles. The third-order valence-electron chi connectivity index (χ3n) is 2.59. The summed E-state index contributed by atoms with van der Waals surface area (Å²) >= 11 is 0. The van der Waals surface area contributed by atoms with Gasteiger partial charge in [0.25, 0.3) is 5.69 Å². The number of fused-ring (bicyclic) bond motifs is 3. The third-order valence-corrected chi connectivity index (χ3v) is 2.59. The zero-order valence-corrected chi connectivity index (χ0v) is 11.8. The minimum absolute atomic E-state index is 0.0457. The van der Waals surface area contributed by atoms with Crippen molar-refractivity contribution >= 4 is 5.69 Å². The molecule has 4 rings (SSSR count). The molecule has 5 nitrogen and oxygen atoms in total. The lowest BCUT2D eigenvalue weighted by Crippen LogP contribution is -2.00. The molecule has 0 fully saturated rings.